The van der Waals surface area contributed by atoms with Gasteiger partial charge in [0.25, 0.3) is 5.91 Å². The maximum Gasteiger partial charge on any atom is 0.327 e. The quantitative estimate of drug-likeness (QED) is 0.797. The number of fused-ring (bicyclic) bond motifs is 1. The van der Waals surface area contributed by atoms with Gasteiger partial charge < -0.3 is 14.5 Å². The van der Waals surface area contributed by atoms with E-state index in [-0.39, 0.29) is 18.0 Å². The first-order valence-electron chi connectivity index (χ1n) is 8.59. The van der Waals surface area contributed by atoms with E-state index < -0.39 is 5.54 Å². The van der Waals surface area contributed by atoms with Crippen LogP contribution in [-0.4, -0.2) is 60.1 Å². The molecule has 1 unspecified atom stereocenters. The summed E-state index contributed by atoms with van der Waals surface area (Å²) in [4.78, 5) is 31.1. The molecule has 3 aliphatic rings. The third-order valence-electron chi connectivity index (χ3n) is 5.71. The van der Waals surface area contributed by atoms with Gasteiger partial charge in [0, 0.05) is 19.6 Å². The summed E-state index contributed by atoms with van der Waals surface area (Å²) in [5.41, 5.74) is 0.405. The molecule has 0 saturated carbocycles. The molecule has 128 valence electrons. The summed E-state index contributed by atoms with van der Waals surface area (Å²) in [6.45, 7) is 4.09. The van der Waals surface area contributed by atoms with E-state index in [0.717, 1.165) is 37.2 Å². The van der Waals surface area contributed by atoms with Gasteiger partial charge in [0.05, 0.1) is 18.8 Å². The lowest BCUT2D eigenvalue weighted by Gasteiger charge is -2.25. The number of hydrogen-bond acceptors (Lipinski definition) is 4. The van der Waals surface area contributed by atoms with Gasteiger partial charge >= 0.3 is 6.03 Å². The highest BCUT2D eigenvalue weighted by atomic mass is 16.5. The highest BCUT2D eigenvalue weighted by molar-refractivity contribution is 6.07. The lowest BCUT2D eigenvalue weighted by atomic mass is 9.99. The van der Waals surface area contributed by atoms with Gasteiger partial charge in [0.2, 0.25) is 0 Å². The van der Waals surface area contributed by atoms with Gasteiger partial charge in [0.15, 0.2) is 0 Å². The van der Waals surface area contributed by atoms with Gasteiger partial charge in [-0.15, -0.1) is 0 Å². The molecular weight excluding hydrogens is 306 g/mol. The molecule has 3 aliphatic heterocycles. The fourth-order valence-electron chi connectivity index (χ4n) is 4.35. The predicted octanol–water partition coefficient (Wildman–Crippen LogP) is 2.09. The highest BCUT2D eigenvalue weighted by Gasteiger charge is 2.58. The van der Waals surface area contributed by atoms with Crippen LogP contribution in [0.15, 0.2) is 24.3 Å². The number of carbonyl (C=O) groups is 2. The molecule has 3 amide bonds. The zero-order valence-electron chi connectivity index (χ0n) is 14.2. The Morgan fingerprint density at radius 3 is 2.75 bits per heavy atom. The summed E-state index contributed by atoms with van der Waals surface area (Å²) in [5.74, 6) is 0.807. The molecular formula is C18H23N3O3. The van der Waals surface area contributed by atoms with E-state index in [0.29, 0.717) is 13.1 Å². The lowest BCUT2D eigenvalue weighted by molar-refractivity contribution is -0.133. The average molecular weight is 329 g/mol. The Bertz CT molecular complexity index is 692. The summed E-state index contributed by atoms with van der Waals surface area (Å²) in [7, 11) is 1.66. The standard InChI is InChI=1S/C18H23N3O3/c1-18-9-5-10-20(18)17(23)21(16(18)22)13-8-11-19(12-13)14-6-3-4-7-15(14)24-2/h3-4,6-7,13H,5,8-12H2,1-2H3/t13?,18-/m0/s1. The van der Waals surface area contributed by atoms with Crippen molar-refractivity contribution in [1.29, 1.82) is 0 Å². The molecule has 24 heavy (non-hydrogen) atoms. The zero-order valence-corrected chi connectivity index (χ0v) is 14.2. The predicted molar refractivity (Wildman–Crippen MR) is 90.2 cm³/mol. The Morgan fingerprint density at radius 2 is 2.00 bits per heavy atom. The Morgan fingerprint density at radius 1 is 1.21 bits per heavy atom. The fourth-order valence-corrected chi connectivity index (χ4v) is 4.35. The van der Waals surface area contributed by atoms with Gasteiger partial charge in [-0.25, -0.2) is 4.79 Å². The van der Waals surface area contributed by atoms with E-state index in [2.05, 4.69) is 4.90 Å². The van der Waals surface area contributed by atoms with Gasteiger partial charge in [-0.1, -0.05) is 12.1 Å². The molecule has 1 aromatic rings. The van der Waals surface area contributed by atoms with E-state index in [4.69, 9.17) is 4.74 Å². The van der Waals surface area contributed by atoms with Crippen LogP contribution in [0.25, 0.3) is 0 Å². The first-order valence-corrected chi connectivity index (χ1v) is 8.59. The summed E-state index contributed by atoms with van der Waals surface area (Å²) >= 11 is 0. The van der Waals surface area contributed by atoms with E-state index in [1.807, 2.05) is 31.2 Å². The van der Waals surface area contributed by atoms with Gasteiger partial charge in [-0.05, 0) is 38.3 Å². The van der Waals surface area contributed by atoms with Crippen molar-refractivity contribution in [2.75, 3.05) is 31.6 Å². The number of ether oxygens (including phenoxy) is 1. The third kappa shape index (κ3) is 2.01. The van der Waals surface area contributed by atoms with Crippen molar-refractivity contribution in [3.05, 3.63) is 24.3 Å². The van der Waals surface area contributed by atoms with Crippen LogP contribution >= 0.6 is 0 Å². The molecule has 0 aliphatic carbocycles. The molecule has 0 radical (unpaired) electrons. The van der Waals surface area contributed by atoms with Crippen LogP contribution in [0.2, 0.25) is 0 Å². The average Bonchev–Trinajstić information content (AvgIpc) is 3.26. The number of para-hydroxylation sites is 2. The molecule has 0 spiro atoms. The number of carbonyl (C=O) groups excluding carboxylic acids is 2. The highest BCUT2D eigenvalue weighted by Crippen LogP contribution is 2.40. The lowest BCUT2D eigenvalue weighted by Crippen LogP contribution is -2.45. The third-order valence-corrected chi connectivity index (χ3v) is 5.71. The summed E-state index contributed by atoms with van der Waals surface area (Å²) in [6, 6.07) is 7.72. The first kappa shape index (κ1) is 15.3. The Labute approximate surface area is 142 Å². The maximum atomic E-state index is 12.9. The zero-order chi connectivity index (χ0) is 16.9. The Hall–Kier alpha value is -2.24. The summed E-state index contributed by atoms with van der Waals surface area (Å²) in [6.07, 6.45) is 2.50. The molecule has 6 heteroatoms. The number of hydrogen-bond donors (Lipinski definition) is 0. The molecule has 4 rings (SSSR count). The minimum Gasteiger partial charge on any atom is -0.495 e. The number of imide groups is 1. The van der Waals surface area contributed by atoms with Crippen molar-refractivity contribution in [2.24, 2.45) is 0 Å². The van der Waals surface area contributed by atoms with Crippen LogP contribution in [0, 0.1) is 0 Å². The molecule has 0 bridgehead atoms. The maximum absolute atomic E-state index is 12.9. The van der Waals surface area contributed by atoms with Crippen LogP contribution < -0.4 is 9.64 Å². The fraction of sp³-hybridized carbons (Fsp3) is 0.556. The first-order chi connectivity index (χ1) is 11.6. The van der Waals surface area contributed by atoms with E-state index in [9.17, 15) is 9.59 Å². The molecule has 0 aromatic heterocycles. The van der Waals surface area contributed by atoms with Crippen molar-refractivity contribution in [3.63, 3.8) is 0 Å². The number of urea groups is 1. The SMILES string of the molecule is COc1ccccc1N1CCC(N2C(=O)N3CCC[C@@]3(C)C2=O)C1. The van der Waals surface area contributed by atoms with Crippen LogP contribution in [0.3, 0.4) is 0 Å². The Balaban J connectivity index is 1.55. The van der Waals surface area contributed by atoms with Crippen molar-refractivity contribution in [1.82, 2.24) is 9.80 Å². The molecule has 3 saturated heterocycles. The van der Waals surface area contributed by atoms with Crippen molar-refractivity contribution in [2.45, 2.75) is 37.8 Å². The molecule has 0 N–H and O–H groups in total. The summed E-state index contributed by atoms with van der Waals surface area (Å²) < 4.78 is 5.44. The molecule has 3 fully saturated rings. The van der Waals surface area contributed by atoms with Gasteiger partial charge in [-0.2, -0.15) is 0 Å². The van der Waals surface area contributed by atoms with E-state index in [1.165, 1.54) is 4.90 Å². The largest absolute Gasteiger partial charge is 0.495 e. The van der Waals surface area contributed by atoms with Crippen molar-refractivity contribution in [3.8, 4) is 5.75 Å². The molecule has 1 aromatic carbocycles. The van der Waals surface area contributed by atoms with Crippen LogP contribution in [0.5, 0.6) is 5.75 Å². The second-order valence-corrected chi connectivity index (χ2v) is 7.05. The Kier molecular flexibility index (Phi) is 3.44. The minimum absolute atomic E-state index is 0.0168. The molecule has 3 heterocycles. The number of rotatable bonds is 3. The van der Waals surface area contributed by atoms with Gasteiger partial charge in [0.1, 0.15) is 11.3 Å². The second kappa shape index (κ2) is 5.40. The monoisotopic (exact) mass is 329 g/mol. The number of nitrogens with zero attached hydrogens (tertiary/aromatic N) is 3. The summed E-state index contributed by atoms with van der Waals surface area (Å²) in [5, 5.41) is 0. The van der Waals surface area contributed by atoms with Crippen molar-refractivity contribution >= 4 is 17.6 Å². The number of methoxy groups -OCH3 is 1. The molecule has 6 nitrogen and oxygen atoms in total. The minimum atomic E-state index is -0.616. The second-order valence-electron chi connectivity index (χ2n) is 7.05. The number of amides is 3. The smallest absolute Gasteiger partial charge is 0.327 e. The van der Waals surface area contributed by atoms with Crippen LogP contribution in [0.4, 0.5) is 10.5 Å². The topological polar surface area (TPSA) is 53.1 Å². The van der Waals surface area contributed by atoms with E-state index >= 15 is 0 Å². The number of anilines is 1. The van der Waals surface area contributed by atoms with E-state index in [1.54, 1.807) is 12.0 Å². The van der Waals surface area contributed by atoms with Crippen LogP contribution in [0.1, 0.15) is 26.2 Å². The molecule has 2 atom stereocenters. The normalized spacial score (nSPS) is 29.6. The van der Waals surface area contributed by atoms with Crippen molar-refractivity contribution < 1.29 is 14.3 Å². The number of benzene rings is 1. The van der Waals surface area contributed by atoms with Gasteiger partial charge in [-0.3, -0.25) is 9.69 Å². The van der Waals surface area contributed by atoms with Crippen LogP contribution in [-0.2, 0) is 4.79 Å².